The van der Waals surface area contributed by atoms with Gasteiger partial charge in [0.05, 0.1) is 10.1 Å². The molecule has 8 heteroatoms. The molecule has 1 amide bonds. The van der Waals surface area contributed by atoms with Gasteiger partial charge < -0.3 is 4.42 Å². The first kappa shape index (κ1) is 15.3. The van der Waals surface area contributed by atoms with Gasteiger partial charge in [-0.3, -0.25) is 20.4 Å². The number of carbonyl (C=O) groups excluding carboxylic acids is 1. The van der Waals surface area contributed by atoms with Crippen LogP contribution in [-0.2, 0) is 0 Å². The molecule has 124 valence electrons. The molecular formula is C17H10FN3O3S. The molecule has 0 spiro atoms. The van der Waals surface area contributed by atoms with Crippen molar-refractivity contribution in [3.8, 4) is 0 Å². The van der Waals surface area contributed by atoms with Gasteiger partial charge in [0.2, 0.25) is 10.6 Å². The van der Waals surface area contributed by atoms with Crippen LogP contribution < -0.4 is 16.3 Å². The van der Waals surface area contributed by atoms with E-state index in [1.807, 2.05) is 0 Å². The summed E-state index contributed by atoms with van der Waals surface area (Å²) >= 11 is 1.18. The molecule has 2 N–H and O–H groups in total. The molecule has 0 aliphatic heterocycles. The van der Waals surface area contributed by atoms with E-state index < -0.39 is 17.2 Å². The van der Waals surface area contributed by atoms with E-state index in [-0.39, 0.29) is 11.1 Å². The smallest absolute Gasteiger partial charge is 0.276 e. The Kier molecular flexibility index (Phi) is 3.66. The number of carbonyl (C=O) groups is 1. The fourth-order valence-electron chi connectivity index (χ4n) is 2.38. The number of aromatic nitrogens is 1. The number of para-hydroxylation sites is 2. The van der Waals surface area contributed by atoms with Gasteiger partial charge in [0.1, 0.15) is 28.7 Å². The Morgan fingerprint density at radius 2 is 2.00 bits per heavy atom. The molecule has 0 fully saturated rings. The molecule has 0 saturated carbocycles. The van der Waals surface area contributed by atoms with Crippen molar-refractivity contribution in [2.75, 3.05) is 5.43 Å². The maximum absolute atomic E-state index is 13.6. The van der Waals surface area contributed by atoms with Gasteiger partial charge in [0, 0.05) is 0 Å². The van der Waals surface area contributed by atoms with Crippen molar-refractivity contribution in [1.82, 2.24) is 10.4 Å². The van der Waals surface area contributed by atoms with E-state index in [0.717, 1.165) is 6.26 Å². The van der Waals surface area contributed by atoms with Gasteiger partial charge in [0.15, 0.2) is 0 Å². The third-order valence-corrected chi connectivity index (χ3v) is 4.51. The molecule has 0 radical (unpaired) electrons. The van der Waals surface area contributed by atoms with Crippen molar-refractivity contribution in [3.63, 3.8) is 0 Å². The minimum absolute atomic E-state index is 0.140. The van der Waals surface area contributed by atoms with Crippen molar-refractivity contribution in [2.24, 2.45) is 0 Å². The van der Waals surface area contributed by atoms with Gasteiger partial charge in [0.25, 0.3) is 5.91 Å². The molecule has 2 aromatic heterocycles. The molecule has 2 heterocycles. The SMILES string of the molecule is O=C(NNc1nc2c(F)cccc2s1)c1coc2ccccc2c1=O. The largest absolute Gasteiger partial charge is 0.463 e. The fraction of sp³-hybridized carbons (Fsp3) is 0. The summed E-state index contributed by atoms with van der Waals surface area (Å²) in [6, 6.07) is 11.3. The molecule has 0 saturated heterocycles. The topological polar surface area (TPSA) is 84.2 Å². The van der Waals surface area contributed by atoms with Crippen LogP contribution in [0.5, 0.6) is 0 Å². The molecular weight excluding hydrogens is 345 g/mol. The lowest BCUT2D eigenvalue weighted by atomic mass is 10.2. The summed E-state index contributed by atoms with van der Waals surface area (Å²) in [5.41, 5.74) is 5.02. The van der Waals surface area contributed by atoms with E-state index in [2.05, 4.69) is 15.8 Å². The highest BCUT2D eigenvalue weighted by Crippen LogP contribution is 2.26. The number of hydrogen-bond acceptors (Lipinski definition) is 6. The molecule has 0 unspecified atom stereocenters. The molecule has 0 atom stereocenters. The van der Waals surface area contributed by atoms with E-state index in [0.29, 0.717) is 20.8 Å². The first-order valence-electron chi connectivity index (χ1n) is 7.25. The predicted molar refractivity (Wildman–Crippen MR) is 93.2 cm³/mol. The van der Waals surface area contributed by atoms with Gasteiger partial charge in [-0.25, -0.2) is 9.37 Å². The van der Waals surface area contributed by atoms with Gasteiger partial charge in [-0.1, -0.05) is 29.5 Å². The number of benzene rings is 2. The number of hydrogen-bond donors (Lipinski definition) is 2. The van der Waals surface area contributed by atoms with Crippen LogP contribution in [-0.4, -0.2) is 10.9 Å². The summed E-state index contributed by atoms with van der Waals surface area (Å²) < 4.78 is 19.6. The van der Waals surface area contributed by atoms with Crippen LogP contribution in [0.1, 0.15) is 10.4 Å². The lowest BCUT2D eigenvalue weighted by Gasteiger charge is -2.05. The zero-order chi connectivity index (χ0) is 17.4. The Morgan fingerprint density at radius 1 is 1.16 bits per heavy atom. The molecule has 0 bridgehead atoms. The van der Waals surface area contributed by atoms with Crippen LogP contribution >= 0.6 is 11.3 Å². The van der Waals surface area contributed by atoms with Gasteiger partial charge >= 0.3 is 0 Å². The van der Waals surface area contributed by atoms with Crippen LogP contribution in [0.3, 0.4) is 0 Å². The quantitative estimate of drug-likeness (QED) is 0.551. The molecule has 0 aliphatic rings. The molecule has 0 aliphatic carbocycles. The highest BCUT2D eigenvalue weighted by Gasteiger charge is 2.15. The average Bonchev–Trinajstić information content (AvgIpc) is 3.05. The summed E-state index contributed by atoms with van der Waals surface area (Å²) in [5.74, 6) is -1.11. The van der Waals surface area contributed by atoms with Crippen LogP contribution in [0, 0.1) is 5.82 Å². The number of hydrazine groups is 1. The van der Waals surface area contributed by atoms with Crippen molar-refractivity contribution in [1.29, 1.82) is 0 Å². The Morgan fingerprint density at radius 3 is 2.84 bits per heavy atom. The maximum Gasteiger partial charge on any atom is 0.276 e. The minimum atomic E-state index is -0.667. The zero-order valence-corrected chi connectivity index (χ0v) is 13.4. The van der Waals surface area contributed by atoms with Crippen LogP contribution in [0.15, 0.2) is 57.9 Å². The van der Waals surface area contributed by atoms with Crippen molar-refractivity contribution >= 4 is 43.6 Å². The molecule has 25 heavy (non-hydrogen) atoms. The van der Waals surface area contributed by atoms with Crippen LogP contribution in [0.4, 0.5) is 9.52 Å². The summed E-state index contributed by atoms with van der Waals surface area (Å²) in [6.45, 7) is 0. The normalized spacial score (nSPS) is 10.9. The van der Waals surface area contributed by atoms with E-state index in [4.69, 9.17) is 4.42 Å². The molecule has 4 rings (SSSR count). The highest BCUT2D eigenvalue weighted by atomic mass is 32.1. The predicted octanol–water partition coefficient (Wildman–Crippen LogP) is 3.30. The summed E-state index contributed by atoms with van der Waals surface area (Å²) in [4.78, 5) is 28.7. The Hall–Kier alpha value is -3.26. The van der Waals surface area contributed by atoms with Gasteiger partial charge in [-0.05, 0) is 24.3 Å². The summed E-state index contributed by atoms with van der Waals surface area (Å²) in [6.07, 6.45) is 1.11. The lowest BCUT2D eigenvalue weighted by Crippen LogP contribution is -2.32. The number of rotatable bonds is 3. The number of nitrogens with zero attached hydrogens (tertiary/aromatic N) is 1. The average molecular weight is 355 g/mol. The number of anilines is 1. The summed E-state index contributed by atoms with van der Waals surface area (Å²) in [7, 11) is 0. The van der Waals surface area contributed by atoms with E-state index in [1.54, 1.807) is 36.4 Å². The third kappa shape index (κ3) is 2.72. The molecule has 2 aromatic carbocycles. The van der Waals surface area contributed by atoms with Gasteiger partial charge in [-0.15, -0.1) is 0 Å². The fourth-order valence-corrected chi connectivity index (χ4v) is 3.21. The monoisotopic (exact) mass is 355 g/mol. The number of halogens is 1. The van der Waals surface area contributed by atoms with Crippen LogP contribution in [0.25, 0.3) is 21.2 Å². The van der Waals surface area contributed by atoms with Crippen molar-refractivity contribution in [2.45, 2.75) is 0 Å². The first-order valence-corrected chi connectivity index (χ1v) is 8.07. The minimum Gasteiger partial charge on any atom is -0.463 e. The second-order valence-electron chi connectivity index (χ2n) is 5.16. The Labute approximate surface area is 143 Å². The molecule has 4 aromatic rings. The van der Waals surface area contributed by atoms with E-state index >= 15 is 0 Å². The Bertz CT molecular complexity index is 1170. The number of nitrogens with one attached hydrogen (secondary N) is 2. The standard InChI is InChI=1S/C17H10FN3O3S/c18-11-5-3-7-13-14(11)19-17(25-13)21-20-16(23)10-8-24-12-6-2-1-4-9(12)15(10)22/h1-8H,(H,19,21)(H,20,23). The van der Waals surface area contributed by atoms with E-state index in [1.165, 1.54) is 17.4 Å². The lowest BCUT2D eigenvalue weighted by molar-refractivity contribution is 0.0960. The summed E-state index contributed by atoms with van der Waals surface area (Å²) in [5, 5.41) is 0.621. The van der Waals surface area contributed by atoms with Crippen molar-refractivity contribution < 1.29 is 13.6 Å². The van der Waals surface area contributed by atoms with E-state index in [9.17, 15) is 14.0 Å². The second kappa shape index (κ2) is 5.99. The highest BCUT2D eigenvalue weighted by molar-refractivity contribution is 7.22. The van der Waals surface area contributed by atoms with Crippen molar-refractivity contribution in [3.05, 3.63) is 70.3 Å². The number of thiazole rings is 1. The van der Waals surface area contributed by atoms with Gasteiger partial charge in [-0.2, -0.15) is 0 Å². The Balaban J connectivity index is 1.58. The molecule has 6 nitrogen and oxygen atoms in total. The zero-order valence-electron chi connectivity index (χ0n) is 12.6. The number of amides is 1. The second-order valence-corrected chi connectivity index (χ2v) is 6.19. The van der Waals surface area contributed by atoms with Crippen LogP contribution in [0.2, 0.25) is 0 Å². The third-order valence-electron chi connectivity index (χ3n) is 3.58. The number of fused-ring (bicyclic) bond motifs is 2. The maximum atomic E-state index is 13.6. The first-order chi connectivity index (χ1) is 12.1.